The lowest BCUT2D eigenvalue weighted by Crippen LogP contribution is -2.53. The fraction of sp³-hybridized carbons (Fsp3) is 0.857. The van der Waals surface area contributed by atoms with Crippen LogP contribution in [0.15, 0.2) is 0 Å². The number of carbonyl (C=O) groups excluding carboxylic acids is 1. The molecule has 0 aliphatic carbocycles. The smallest absolute Gasteiger partial charge is 0.237 e. The summed E-state index contributed by atoms with van der Waals surface area (Å²) in [6, 6.07) is -0.131. The Morgan fingerprint density at radius 1 is 1.82 bits per heavy atom. The fourth-order valence-corrected chi connectivity index (χ4v) is 1.30. The van der Waals surface area contributed by atoms with Crippen molar-refractivity contribution in [2.45, 2.75) is 12.5 Å². The SMILES string of the molecule is CN1CCNC(=O)C1CCO. The Hall–Kier alpha value is -0.610. The quantitative estimate of drug-likeness (QED) is 0.530. The predicted molar refractivity (Wildman–Crippen MR) is 41.1 cm³/mol. The number of piperazine rings is 1. The molecule has 2 N–H and O–H groups in total. The van der Waals surface area contributed by atoms with Crippen molar-refractivity contribution < 1.29 is 9.90 Å². The largest absolute Gasteiger partial charge is 0.396 e. The first-order valence-corrected chi connectivity index (χ1v) is 3.84. The van der Waals surface area contributed by atoms with E-state index in [0.29, 0.717) is 6.42 Å². The number of hydrogen-bond acceptors (Lipinski definition) is 3. The van der Waals surface area contributed by atoms with Gasteiger partial charge in [-0.15, -0.1) is 0 Å². The van der Waals surface area contributed by atoms with E-state index in [1.165, 1.54) is 0 Å². The highest BCUT2D eigenvalue weighted by Gasteiger charge is 2.25. The summed E-state index contributed by atoms with van der Waals surface area (Å²) in [4.78, 5) is 13.1. The normalized spacial score (nSPS) is 26.7. The fourth-order valence-electron chi connectivity index (χ4n) is 1.30. The molecule has 0 spiro atoms. The van der Waals surface area contributed by atoms with Crippen LogP contribution in [0, 0.1) is 0 Å². The molecule has 1 rings (SSSR count). The van der Waals surface area contributed by atoms with E-state index in [-0.39, 0.29) is 18.6 Å². The Balaban J connectivity index is 2.48. The van der Waals surface area contributed by atoms with E-state index in [2.05, 4.69) is 5.32 Å². The van der Waals surface area contributed by atoms with Crippen molar-refractivity contribution in [2.24, 2.45) is 0 Å². The summed E-state index contributed by atoms with van der Waals surface area (Å²) in [6.07, 6.45) is 0.530. The maximum atomic E-state index is 11.1. The van der Waals surface area contributed by atoms with E-state index in [1.807, 2.05) is 11.9 Å². The number of nitrogens with zero attached hydrogens (tertiary/aromatic N) is 1. The number of hydrogen-bond donors (Lipinski definition) is 2. The van der Waals surface area contributed by atoms with Crippen LogP contribution in [0.2, 0.25) is 0 Å². The molecular formula is C7H14N2O2. The molecule has 1 saturated heterocycles. The van der Waals surface area contributed by atoms with Crippen LogP contribution in [0.4, 0.5) is 0 Å². The molecule has 1 fully saturated rings. The van der Waals surface area contributed by atoms with Crippen LogP contribution in [-0.4, -0.2) is 48.7 Å². The molecule has 0 saturated carbocycles. The number of amides is 1. The van der Waals surface area contributed by atoms with Crippen LogP contribution < -0.4 is 5.32 Å². The minimum absolute atomic E-state index is 0.0350. The van der Waals surface area contributed by atoms with E-state index in [9.17, 15) is 4.79 Å². The topological polar surface area (TPSA) is 52.6 Å². The summed E-state index contributed by atoms with van der Waals surface area (Å²) in [5, 5.41) is 11.4. The van der Waals surface area contributed by atoms with Crippen molar-refractivity contribution in [3.63, 3.8) is 0 Å². The molecule has 4 heteroatoms. The number of rotatable bonds is 2. The molecule has 0 bridgehead atoms. The number of aliphatic hydroxyl groups excluding tert-OH is 1. The minimum Gasteiger partial charge on any atom is -0.396 e. The van der Waals surface area contributed by atoms with E-state index < -0.39 is 0 Å². The van der Waals surface area contributed by atoms with Crippen molar-refractivity contribution in [3.05, 3.63) is 0 Å². The Labute approximate surface area is 66.2 Å². The van der Waals surface area contributed by atoms with E-state index >= 15 is 0 Å². The highest BCUT2D eigenvalue weighted by Crippen LogP contribution is 2.04. The van der Waals surface area contributed by atoms with Gasteiger partial charge in [0.1, 0.15) is 0 Å². The van der Waals surface area contributed by atoms with Gasteiger partial charge in [-0.05, 0) is 13.5 Å². The van der Waals surface area contributed by atoms with Crippen molar-refractivity contribution >= 4 is 5.91 Å². The second-order valence-electron chi connectivity index (χ2n) is 2.80. The maximum absolute atomic E-state index is 11.1. The lowest BCUT2D eigenvalue weighted by atomic mass is 10.1. The molecule has 1 heterocycles. The van der Waals surface area contributed by atoms with Crippen LogP contribution in [0.5, 0.6) is 0 Å². The zero-order valence-corrected chi connectivity index (χ0v) is 6.71. The van der Waals surface area contributed by atoms with Gasteiger partial charge in [0.25, 0.3) is 0 Å². The molecule has 0 radical (unpaired) electrons. The van der Waals surface area contributed by atoms with E-state index in [4.69, 9.17) is 5.11 Å². The van der Waals surface area contributed by atoms with Gasteiger partial charge in [-0.1, -0.05) is 0 Å². The molecule has 0 aromatic rings. The second-order valence-corrected chi connectivity index (χ2v) is 2.80. The average Bonchev–Trinajstić information content (AvgIpc) is 1.97. The summed E-state index contributed by atoms with van der Waals surface area (Å²) in [7, 11) is 1.90. The molecule has 1 unspecified atom stereocenters. The standard InChI is InChI=1S/C7H14N2O2/c1-9-4-3-8-7(11)6(9)2-5-10/h6,10H,2-5H2,1H3,(H,8,11). The first-order chi connectivity index (χ1) is 5.25. The van der Waals surface area contributed by atoms with Crippen LogP contribution in [0.1, 0.15) is 6.42 Å². The van der Waals surface area contributed by atoms with Crippen LogP contribution in [-0.2, 0) is 4.79 Å². The lowest BCUT2D eigenvalue weighted by molar-refractivity contribution is -0.128. The molecule has 1 amide bonds. The molecule has 0 aromatic heterocycles. The maximum Gasteiger partial charge on any atom is 0.237 e. The van der Waals surface area contributed by atoms with Gasteiger partial charge in [-0.25, -0.2) is 0 Å². The molecule has 1 aliphatic heterocycles. The Bertz CT molecular complexity index is 149. The van der Waals surface area contributed by atoms with Crippen LogP contribution in [0.3, 0.4) is 0 Å². The average molecular weight is 158 g/mol. The number of carbonyl (C=O) groups is 1. The lowest BCUT2D eigenvalue weighted by Gasteiger charge is -2.31. The number of aliphatic hydroxyl groups is 1. The van der Waals surface area contributed by atoms with Gasteiger partial charge >= 0.3 is 0 Å². The van der Waals surface area contributed by atoms with E-state index in [0.717, 1.165) is 13.1 Å². The van der Waals surface area contributed by atoms with Crippen molar-refractivity contribution in [2.75, 3.05) is 26.7 Å². The Morgan fingerprint density at radius 2 is 2.55 bits per heavy atom. The van der Waals surface area contributed by atoms with Gasteiger partial charge in [-0.2, -0.15) is 0 Å². The van der Waals surface area contributed by atoms with Gasteiger partial charge < -0.3 is 10.4 Å². The van der Waals surface area contributed by atoms with Gasteiger partial charge in [0.05, 0.1) is 6.04 Å². The third-order valence-corrected chi connectivity index (χ3v) is 2.00. The summed E-state index contributed by atoms with van der Waals surface area (Å²) in [5.74, 6) is 0.0350. The third-order valence-electron chi connectivity index (χ3n) is 2.00. The minimum atomic E-state index is -0.131. The van der Waals surface area contributed by atoms with Gasteiger partial charge in [0.15, 0.2) is 0 Å². The molecule has 64 valence electrons. The molecule has 1 atom stereocenters. The number of likely N-dealkylation sites (N-methyl/N-ethyl adjacent to an activating group) is 1. The van der Waals surface area contributed by atoms with Crippen molar-refractivity contribution in [3.8, 4) is 0 Å². The molecule has 11 heavy (non-hydrogen) atoms. The summed E-state index contributed by atoms with van der Waals surface area (Å²) >= 11 is 0. The molecule has 1 aliphatic rings. The highest BCUT2D eigenvalue weighted by molar-refractivity contribution is 5.82. The van der Waals surface area contributed by atoms with Gasteiger partial charge in [0, 0.05) is 19.7 Å². The first kappa shape index (κ1) is 8.49. The predicted octanol–water partition coefficient (Wildman–Crippen LogP) is -1.20. The highest BCUT2D eigenvalue weighted by atomic mass is 16.3. The van der Waals surface area contributed by atoms with Crippen molar-refractivity contribution in [1.29, 1.82) is 0 Å². The zero-order chi connectivity index (χ0) is 8.27. The Kier molecular flexibility index (Phi) is 2.84. The van der Waals surface area contributed by atoms with Crippen LogP contribution >= 0.6 is 0 Å². The summed E-state index contributed by atoms with van der Waals surface area (Å²) in [6.45, 7) is 1.66. The van der Waals surface area contributed by atoms with Crippen LogP contribution in [0.25, 0.3) is 0 Å². The first-order valence-electron chi connectivity index (χ1n) is 3.84. The van der Waals surface area contributed by atoms with Crippen molar-refractivity contribution in [1.82, 2.24) is 10.2 Å². The van der Waals surface area contributed by atoms with Gasteiger partial charge in [-0.3, -0.25) is 9.69 Å². The van der Waals surface area contributed by atoms with Gasteiger partial charge in [0.2, 0.25) is 5.91 Å². The molecule has 4 nitrogen and oxygen atoms in total. The third kappa shape index (κ3) is 1.91. The summed E-state index contributed by atoms with van der Waals surface area (Å²) < 4.78 is 0. The Morgan fingerprint density at radius 3 is 3.09 bits per heavy atom. The molecular weight excluding hydrogens is 144 g/mol. The second kappa shape index (κ2) is 3.69. The summed E-state index contributed by atoms with van der Waals surface area (Å²) in [5.41, 5.74) is 0. The van der Waals surface area contributed by atoms with E-state index in [1.54, 1.807) is 0 Å². The zero-order valence-electron chi connectivity index (χ0n) is 6.71. The number of nitrogens with one attached hydrogen (secondary N) is 1. The molecule has 0 aromatic carbocycles. The monoisotopic (exact) mass is 158 g/mol.